The average Bonchev–Trinajstić information content (AvgIpc) is 3.49. The molecule has 0 aliphatic carbocycles. The first kappa shape index (κ1) is 27.4. The van der Waals surface area contributed by atoms with Gasteiger partial charge in [0.1, 0.15) is 34.5 Å². The zero-order valence-electron chi connectivity index (χ0n) is 28.0. The van der Waals surface area contributed by atoms with Crippen LogP contribution in [0.2, 0.25) is 0 Å². The van der Waals surface area contributed by atoms with Gasteiger partial charge in [0.25, 0.3) is 6.71 Å². The summed E-state index contributed by atoms with van der Waals surface area (Å²) in [5, 5.41) is 2.42. The third-order valence-electron chi connectivity index (χ3n) is 11.4. The molecular weight excluding hydrogens is 627 g/mol. The van der Waals surface area contributed by atoms with Gasteiger partial charge in [0.2, 0.25) is 0 Å². The number of ether oxygens (including phenoxy) is 3. The van der Waals surface area contributed by atoms with Gasteiger partial charge < -0.3 is 23.7 Å². The Morgan fingerprint density at radius 2 is 1.08 bits per heavy atom. The quantitative estimate of drug-likeness (QED) is 0.174. The molecule has 0 spiro atoms. The van der Waals surface area contributed by atoms with E-state index < -0.39 is 0 Å². The number of anilines is 3. The Labute approximate surface area is 294 Å². The van der Waals surface area contributed by atoms with E-state index in [9.17, 15) is 0 Å². The van der Waals surface area contributed by atoms with Crippen molar-refractivity contribution >= 4 is 62.0 Å². The standard InChI is InChI=1S/C45H29BN2O3/c1-45(2)30-15-7-9-17-32(30)47(26-12-4-3-5-13-26)33-23-22-29-28-14-6-8-16-31(28)48(44(29)40(33)45)27-24-38-43-39(25-27)51-37-21-11-19-35-42(37)46(43)41-34(49-35)18-10-20-36(41)50-38/h3-25H,1-2H3. The molecule has 4 aliphatic heterocycles. The van der Waals surface area contributed by atoms with Crippen LogP contribution in [0.1, 0.15) is 25.0 Å². The van der Waals surface area contributed by atoms with Gasteiger partial charge in [-0.15, -0.1) is 0 Å². The van der Waals surface area contributed by atoms with Gasteiger partial charge in [-0.1, -0.05) is 86.6 Å². The van der Waals surface area contributed by atoms with Gasteiger partial charge in [0, 0.05) is 56.0 Å². The molecule has 0 unspecified atom stereocenters. The van der Waals surface area contributed by atoms with Gasteiger partial charge in [-0.2, -0.15) is 0 Å². The number of fused-ring (bicyclic) bond motifs is 6. The number of hydrogen-bond donors (Lipinski definition) is 0. The summed E-state index contributed by atoms with van der Waals surface area (Å²) in [5.41, 5.74) is 12.3. The highest BCUT2D eigenvalue weighted by Crippen LogP contribution is 2.55. The fraction of sp³-hybridized carbons (Fsp3) is 0.0667. The lowest BCUT2D eigenvalue weighted by Crippen LogP contribution is -2.59. The van der Waals surface area contributed by atoms with Crippen molar-refractivity contribution < 1.29 is 14.2 Å². The number of para-hydroxylation sites is 3. The van der Waals surface area contributed by atoms with Crippen LogP contribution in [-0.2, 0) is 5.41 Å². The summed E-state index contributed by atoms with van der Waals surface area (Å²) in [5.74, 6) is 4.95. The summed E-state index contributed by atoms with van der Waals surface area (Å²) in [6.45, 7) is 4.70. The van der Waals surface area contributed by atoms with Gasteiger partial charge >= 0.3 is 0 Å². The second kappa shape index (κ2) is 9.43. The Morgan fingerprint density at radius 1 is 0.490 bits per heavy atom. The van der Waals surface area contributed by atoms with Crippen LogP contribution in [0, 0.1) is 0 Å². The van der Waals surface area contributed by atoms with E-state index in [1.807, 2.05) is 24.3 Å². The van der Waals surface area contributed by atoms with E-state index in [0.29, 0.717) is 0 Å². The van der Waals surface area contributed by atoms with Crippen LogP contribution in [0.15, 0.2) is 140 Å². The summed E-state index contributed by atoms with van der Waals surface area (Å²) in [7, 11) is 0. The van der Waals surface area contributed by atoms with Gasteiger partial charge in [0.15, 0.2) is 0 Å². The highest BCUT2D eigenvalue weighted by atomic mass is 16.5. The summed E-state index contributed by atoms with van der Waals surface area (Å²) < 4.78 is 22.4. The van der Waals surface area contributed by atoms with Crippen LogP contribution in [0.3, 0.4) is 0 Å². The van der Waals surface area contributed by atoms with E-state index in [4.69, 9.17) is 14.2 Å². The number of rotatable bonds is 2. The normalized spacial score (nSPS) is 15.0. The third kappa shape index (κ3) is 3.42. The van der Waals surface area contributed by atoms with Gasteiger partial charge in [0.05, 0.1) is 28.1 Å². The zero-order chi connectivity index (χ0) is 33.6. The molecule has 5 heterocycles. The van der Waals surface area contributed by atoms with E-state index in [1.54, 1.807) is 0 Å². The Hall–Kier alpha value is -6.40. The molecule has 4 aliphatic rings. The maximum absolute atomic E-state index is 6.81. The molecule has 0 bridgehead atoms. The lowest BCUT2D eigenvalue weighted by Gasteiger charge is -2.42. The molecule has 240 valence electrons. The molecule has 8 aromatic rings. The van der Waals surface area contributed by atoms with Crippen molar-refractivity contribution in [3.8, 4) is 40.2 Å². The molecule has 0 saturated carbocycles. The number of hydrogen-bond acceptors (Lipinski definition) is 4. The van der Waals surface area contributed by atoms with E-state index in [0.717, 1.165) is 67.8 Å². The average molecular weight is 657 g/mol. The van der Waals surface area contributed by atoms with Crippen molar-refractivity contribution in [1.29, 1.82) is 0 Å². The minimum absolute atomic E-state index is 0.0292. The molecule has 1 aromatic heterocycles. The molecule has 0 radical (unpaired) electrons. The largest absolute Gasteiger partial charge is 0.458 e. The molecule has 0 amide bonds. The first-order valence-electron chi connectivity index (χ1n) is 17.6. The van der Waals surface area contributed by atoms with Crippen molar-refractivity contribution in [3.63, 3.8) is 0 Å². The Bertz CT molecular complexity index is 2760. The Balaban J connectivity index is 1.18. The minimum Gasteiger partial charge on any atom is -0.458 e. The number of benzene rings is 7. The molecule has 51 heavy (non-hydrogen) atoms. The number of aromatic nitrogens is 1. The molecule has 0 atom stereocenters. The number of nitrogens with zero attached hydrogens (tertiary/aromatic N) is 2. The predicted octanol–water partition coefficient (Wildman–Crippen LogP) is 9.73. The summed E-state index contributed by atoms with van der Waals surface area (Å²) in [6, 6.07) is 49.5. The Kier molecular flexibility index (Phi) is 5.07. The van der Waals surface area contributed by atoms with E-state index in [2.05, 4.69) is 139 Å². The van der Waals surface area contributed by atoms with Crippen molar-refractivity contribution in [1.82, 2.24) is 4.57 Å². The first-order valence-corrected chi connectivity index (χ1v) is 17.6. The first-order chi connectivity index (χ1) is 25.1. The molecule has 7 aromatic carbocycles. The lowest BCUT2D eigenvalue weighted by molar-refractivity contribution is 0.442. The maximum Gasteiger partial charge on any atom is 0.270 e. The molecule has 6 heteroatoms. The Morgan fingerprint density at radius 3 is 1.78 bits per heavy atom. The second-order valence-corrected chi connectivity index (χ2v) is 14.5. The molecule has 0 saturated heterocycles. The summed E-state index contributed by atoms with van der Waals surface area (Å²) >= 11 is 0. The highest BCUT2D eigenvalue weighted by Gasteiger charge is 2.47. The van der Waals surface area contributed by atoms with E-state index in [-0.39, 0.29) is 12.1 Å². The van der Waals surface area contributed by atoms with Gasteiger partial charge in [-0.3, -0.25) is 0 Å². The van der Waals surface area contributed by atoms with Crippen molar-refractivity contribution in [2.45, 2.75) is 19.3 Å². The van der Waals surface area contributed by atoms with Crippen LogP contribution < -0.4 is 35.5 Å². The van der Waals surface area contributed by atoms with Crippen LogP contribution in [0.4, 0.5) is 17.1 Å². The van der Waals surface area contributed by atoms with Crippen LogP contribution in [-0.4, -0.2) is 11.3 Å². The van der Waals surface area contributed by atoms with Crippen LogP contribution in [0.5, 0.6) is 34.5 Å². The van der Waals surface area contributed by atoms with Gasteiger partial charge in [-0.05, 0) is 60.2 Å². The minimum atomic E-state index is -0.314. The molecule has 0 fully saturated rings. The highest BCUT2D eigenvalue weighted by molar-refractivity contribution is 6.99. The molecule has 12 rings (SSSR count). The molecule has 0 N–H and O–H groups in total. The second-order valence-electron chi connectivity index (χ2n) is 14.5. The van der Waals surface area contributed by atoms with E-state index >= 15 is 0 Å². The van der Waals surface area contributed by atoms with E-state index in [1.165, 1.54) is 38.8 Å². The third-order valence-corrected chi connectivity index (χ3v) is 11.4. The fourth-order valence-corrected chi connectivity index (χ4v) is 9.37. The topological polar surface area (TPSA) is 35.9 Å². The predicted molar refractivity (Wildman–Crippen MR) is 205 cm³/mol. The fourth-order valence-electron chi connectivity index (χ4n) is 9.37. The van der Waals surface area contributed by atoms with Crippen LogP contribution in [0.25, 0.3) is 27.5 Å². The van der Waals surface area contributed by atoms with Gasteiger partial charge in [-0.25, -0.2) is 0 Å². The smallest absolute Gasteiger partial charge is 0.270 e. The lowest BCUT2D eigenvalue weighted by atomic mass is 9.34. The van der Waals surface area contributed by atoms with Crippen molar-refractivity contribution in [2.24, 2.45) is 0 Å². The molecular formula is C45H29BN2O3. The van der Waals surface area contributed by atoms with Crippen molar-refractivity contribution in [2.75, 3.05) is 4.90 Å². The monoisotopic (exact) mass is 656 g/mol. The van der Waals surface area contributed by atoms with Crippen molar-refractivity contribution in [3.05, 3.63) is 151 Å². The SMILES string of the molecule is CC1(C)c2ccccc2N(c2ccccc2)c2ccc3c4ccccc4n(-c4cc5c6c(c4)Oc4cccc7c4B6c4c(cccc4O5)O7)c3c21. The maximum atomic E-state index is 6.81. The zero-order valence-corrected chi connectivity index (χ0v) is 28.0. The summed E-state index contributed by atoms with van der Waals surface area (Å²) in [6.07, 6.45) is 0. The van der Waals surface area contributed by atoms with Crippen LogP contribution >= 0.6 is 0 Å². The molecule has 5 nitrogen and oxygen atoms in total. The summed E-state index contributed by atoms with van der Waals surface area (Å²) in [4.78, 5) is 2.42.